The van der Waals surface area contributed by atoms with Gasteiger partial charge in [0.15, 0.2) is 0 Å². The zero-order chi connectivity index (χ0) is 14.6. The maximum absolute atomic E-state index is 12.7. The van der Waals surface area contributed by atoms with E-state index in [2.05, 4.69) is 4.72 Å². The van der Waals surface area contributed by atoms with E-state index in [1.807, 2.05) is 0 Å². The van der Waals surface area contributed by atoms with Crippen molar-refractivity contribution < 1.29 is 17.5 Å². The quantitative estimate of drug-likeness (QED) is 0.884. The fraction of sp³-hybridized carbons (Fsp3) is 0.0769. The van der Waals surface area contributed by atoms with Crippen LogP contribution in [0.4, 0.5) is 4.39 Å². The summed E-state index contributed by atoms with van der Waals surface area (Å²) in [6.07, 6.45) is 0. The maximum atomic E-state index is 12.7. The van der Waals surface area contributed by atoms with E-state index in [1.165, 1.54) is 24.3 Å². The van der Waals surface area contributed by atoms with Gasteiger partial charge in [-0.1, -0.05) is 12.1 Å². The SMILES string of the molecule is NS(=O)(=O)NCc1ccc(Oc2ccc(F)cc2)cc1. The Morgan fingerprint density at radius 2 is 1.50 bits per heavy atom. The topological polar surface area (TPSA) is 81.4 Å². The van der Waals surface area contributed by atoms with Gasteiger partial charge in [0.2, 0.25) is 0 Å². The Morgan fingerprint density at radius 3 is 2.00 bits per heavy atom. The van der Waals surface area contributed by atoms with Crippen LogP contribution >= 0.6 is 0 Å². The van der Waals surface area contributed by atoms with Gasteiger partial charge in [-0.15, -0.1) is 0 Å². The third kappa shape index (κ3) is 4.61. The van der Waals surface area contributed by atoms with Crippen LogP contribution < -0.4 is 14.6 Å². The van der Waals surface area contributed by atoms with Crippen LogP contribution in [0.1, 0.15) is 5.56 Å². The largest absolute Gasteiger partial charge is 0.457 e. The lowest BCUT2D eigenvalue weighted by atomic mass is 10.2. The van der Waals surface area contributed by atoms with Crippen LogP contribution in [-0.4, -0.2) is 8.42 Å². The predicted molar refractivity (Wildman–Crippen MR) is 72.9 cm³/mol. The van der Waals surface area contributed by atoms with E-state index in [4.69, 9.17) is 9.88 Å². The summed E-state index contributed by atoms with van der Waals surface area (Å²) in [4.78, 5) is 0. The highest BCUT2D eigenvalue weighted by atomic mass is 32.2. The van der Waals surface area contributed by atoms with Gasteiger partial charge in [-0.2, -0.15) is 13.1 Å². The first kappa shape index (κ1) is 14.4. The normalized spacial score (nSPS) is 11.3. The third-order valence-corrected chi connectivity index (χ3v) is 3.00. The molecule has 0 atom stereocenters. The van der Waals surface area contributed by atoms with Crippen LogP contribution in [0.3, 0.4) is 0 Å². The van der Waals surface area contributed by atoms with E-state index < -0.39 is 10.2 Å². The second-order valence-corrected chi connectivity index (χ2v) is 5.44. The van der Waals surface area contributed by atoms with Crippen LogP contribution in [0.15, 0.2) is 48.5 Å². The van der Waals surface area contributed by atoms with Crippen LogP contribution in [-0.2, 0) is 16.8 Å². The number of rotatable bonds is 5. The van der Waals surface area contributed by atoms with Crippen LogP contribution in [0, 0.1) is 5.82 Å². The van der Waals surface area contributed by atoms with E-state index in [1.54, 1.807) is 24.3 Å². The molecule has 0 aliphatic heterocycles. The first-order chi connectivity index (χ1) is 9.42. The molecule has 0 heterocycles. The van der Waals surface area contributed by atoms with Gasteiger partial charge < -0.3 is 4.74 Å². The van der Waals surface area contributed by atoms with E-state index in [9.17, 15) is 12.8 Å². The number of hydrogen-bond acceptors (Lipinski definition) is 3. The molecule has 5 nitrogen and oxygen atoms in total. The van der Waals surface area contributed by atoms with Crippen molar-refractivity contribution in [2.75, 3.05) is 0 Å². The Bertz CT molecular complexity index is 670. The standard InChI is InChI=1S/C13H13FN2O3S/c14-11-3-7-13(8-4-11)19-12-5-1-10(2-6-12)9-16-20(15,17)18/h1-8,16H,9H2,(H2,15,17,18). The number of nitrogens with two attached hydrogens (primary N) is 1. The Kier molecular flexibility index (Phi) is 4.33. The molecule has 7 heteroatoms. The van der Waals surface area contributed by atoms with Gasteiger partial charge in [0.1, 0.15) is 17.3 Å². The summed E-state index contributed by atoms with van der Waals surface area (Å²) >= 11 is 0. The molecule has 0 spiro atoms. The van der Waals surface area contributed by atoms with Crippen molar-refractivity contribution in [3.63, 3.8) is 0 Å². The molecule has 3 N–H and O–H groups in total. The van der Waals surface area contributed by atoms with Gasteiger partial charge in [0, 0.05) is 6.54 Å². The molecule has 0 amide bonds. The second-order valence-electron chi connectivity index (χ2n) is 4.07. The summed E-state index contributed by atoms with van der Waals surface area (Å²) < 4.78 is 41.9. The molecule has 0 aromatic heterocycles. The molecule has 2 aromatic carbocycles. The summed E-state index contributed by atoms with van der Waals surface area (Å²) in [5, 5.41) is 4.83. The minimum Gasteiger partial charge on any atom is -0.457 e. The van der Waals surface area contributed by atoms with Gasteiger partial charge in [0.05, 0.1) is 0 Å². The first-order valence-electron chi connectivity index (χ1n) is 5.72. The molecule has 106 valence electrons. The number of ether oxygens (including phenoxy) is 1. The lowest BCUT2D eigenvalue weighted by molar-refractivity contribution is 0.480. The van der Waals surface area contributed by atoms with E-state index >= 15 is 0 Å². The number of halogens is 1. The minimum atomic E-state index is -3.70. The van der Waals surface area contributed by atoms with Crippen molar-refractivity contribution in [2.24, 2.45) is 5.14 Å². The Morgan fingerprint density at radius 1 is 1.00 bits per heavy atom. The molecule has 0 saturated carbocycles. The maximum Gasteiger partial charge on any atom is 0.274 e. The van der Waals surface area contributed by atoms with Crippen LogP contribution in [0.5, 0.6) is 11.5 Å². The Hall–Kier alpha value is -1.96. The minimum absolute atomic E-state index is 0.107. The highest BCUT2D eigenvalue weighted by Gasteiger charge is 2.02. The molecule has 0 unspecified atom stereocenters. The van der Waals surface area contributed by atoms with Crippen molar-refractivity contribution in [3.8, 4) is 11.5 Å². The summed E-state index contributed by atoms with van der Waals surface area (Å²) in [7, 11) is -3.70. The molecule has 0 aliphatic rings. The second kappa shape index (κ2) is 6.00. The number of nitrogens with one attached hydrogen (secondary N) is 1. The smallest absolute Gasteiger partial charge is 0.274 e. The van der Waals surface area contributed by atoms with Gasteiger partial charge in [0.25, 0.3) is 10.2 Å². The van der Waals surface area contributed by atoms with Crippen molar-refractivity contribution in [2.45, 2.75) is 6.54 Å². The fourth-order valence-corrected chi connectivity index (χ4v) is 1.87. The number of hydrogen-bond donors (Lipinski definition) is 2. The van der Waals surface area contributed by atoms with Crippen LogP contribution in [0.2, 0.25) is 0 Å². The summed E-state index contributed by atoms with van der Waals surface area (Å²) in [6.45, 7) is 0.107. The zero-order valence-corrected chi connectivity index (χ0v) is 11.2. The predicted octanol–water partition coefficient (Wildman–Crippen LogP) is 1.91. The molecule has 20 heavy (non-hydrogen) atoms. The first-order valence-corrected chi connectivity index (χ1v) is 7.27. The molecular weight excluding hydrogens is 283 g/mol. The number of benzene rings is 2. The molecule has 0 saturated heterocycles. The molecule has 0 bridgehead atoms. The monoisotopic (exact) mass is 296 g/mol. The fourth-order valence-electron chi connectivity index (χ4n) is 1.50. The summed E-state index contributed by atoms with van der Waals surface area (Å²) in [6, 6.07) is 12.4. The molecule has 0 aliphatic carbocycles. The van der Waals surface area contributed by atoms with Crippen LogP contribution in [0.25, 0.3) is 0 Å². The summed E-state index contributed by atoms with van der Waals surface area (Å²) in [5.74, 6) is 0.750. The lowest BCUT2D eigenvalue weighted by Crippen LogP contribution is -2.30. The molecular formula is C13H13FN2O3S. The highest BCUT2D eigenvalue weighted by Crippen LogP contribution is 2.21. The average molecular weight is 296 g/mol. The van der Waals surface area contributed by atoms with Gasteiger partial charge >= 0.3 is 0 Å². The molecule has 2 rings (SSSR count). The van der Waals surface area contributed by atoms with Gasteiger partial charge in [-0.05, 0) is 42.0 Å². The van der Waals surface area contributed by atoms with Crippen molar-refractivity contribution in [1.82, 2.24) is 4.72 Å². The van der Waals surface area contributed by atoms with Crippen molar-refractivity contribution >= 4 is 10.2 Å². The van der Waals surface area contributed by atoms with E-state index in [-0.39, 0.29) is 12.4 Å². The van der Waals surface area contributed by atoms with Gasteiger partial charge in [-0.25, -0.2) is 9.53 Å². The van der Waals surface area contributed by atoms with Crippen molar-refractivity contribution in [1.29, 1.82) is 0 Å². The third-order valence-electron chi connectivity index (χ3n) is 2.45. The van der Waals surface area contributed by atoms with Gasteiger partial charge in [-0.3, -0.25) is 0 Å². The molecule has 2 aromatic rings. The van der Waals surface area contributed by atoms with Crippen molar-refractivity contribution in [3.05, 3.63) is 59.9 Å². The summed E-state index contributed by atoms with van der Waals surface area (Å²) in [5.41, 5.74) is 0.741. The Labute approximate surface area is 116 Å². The Balaban J connectivity index is 1.99. The highest BCUT2D eigenvalue weighted by molar-refractivity contribution is 7.87. The van der Waals surface area contributed by atoms with E-state index in [0.717, 1.165) is 5.56 Å². The average Bonchev–Trinajstić information content (AvgIpc) is 2.40. The molecule has 0 radical (unpaired) electrons. The zero-order valence-electron chi connectivity index (χ0n) is 10.4. The van der Waals surface area contributed by atoms with E-state index in [0.29, 0.717) is 11.5 Å². The lowest BCUT2D eigenvalue weighted by Gasteiger charge is -2.07. The molecule has 0 fully saturated rings.